The van der Waals surface area contributed by atoms with Crippen molar-refractivity contribution in [3.8, 4) is 0 Å². The predicted octanol–water partition coefficient (Wildman–Crippen LogP) is 1.84. The maximum atomic E-state index is 12.9. The van der Waals surface area contributed by atoms with Crippen molar-refractivity contribution in [1.82, 2.24) is 0 Å². The lowest BCUT2D eigenvalue weighted by atomic mass is 10.3. The number of sulfonamides is 1. The number of nitrogens with two attached hydrogens (primary N) is 1. The molecule has 0 radical (unpaired) electrons. The number of halogens is 3. The Hall–Kier alpha value is 0.270. The van der Waals surface area contributed by atoms with E-state index < -0.39 is 15.8 Å². The van der Waals surface area contributed by atoms with E-state index >= 15 is 0 Å². The van der Waals surface area contributed by atoms with Gasteiger partial charge >= 0.3 is 0 Å². The summed E-state index contributed by atoms with van der Waals surface area (Å²) < 4.78 is 35.1. The molecular formula is C6H4BrFINO2S. The molecule has 1 aromatic rings. The predicted molar refractivity (Wildman–Crippen MR) is 58.2 cm³/mol. The van der Waals surface area contributed by atoms with Gasteiger partial charge in [-0.2, -0.15) is 0 Å². The SMILES string of the molecule is NS(=O)(=O)c1cc(I)c(F)cc1Br. The van der Waals surface area contributed by atoms with E-state index in [1.807, 2.05) is 0 Å². The molecular weight excluding hydrogens is 376 g/mol. The highest BCUT2D eigenvalue weighted by atomic mass is 127. The molecule has 7 heteroatoms. The van der Waals surface area contributed by atoms with Gasteiger partial charge in [0.2, 0.25) is 10.0 Å². The highest BCUT2D eigenvalue weighted by Crippen LogP contribution is 2.25. The first-order valence-corrected chi connectivity index (χ1v) is 6.41. The summed E-state index contributed by atoms with van der Waals surface area (Å²) in [6.45, 7) is 0. The van der Waals surface area contributed by atoms with Gasteiger partial charge in [0.05, 0.1) is 8.47 Å². The van der Waals surface area contributed by atoms with Crippen LogP contribution >= 0.6 is 38.5 Å². The molecule has 0 fully saturated rings. The molecule has 2 N–H and O–H groups in total. The second-order valence-electron chi connectivity index (χ2n) is 2.24. The fraction of sp³-hybridized carbons (Fsp3) is 0. The molecule has 0 aromatic heterocycles. The maximum absolute atomic E-state index is 12.9. The highest BCUT2D eigenvalue weighted by Gasteiger charge is 2.15. The Bertz CT molecular complexity index is 448. The number of benzene rings is 1. The van der Waals surface area contributed by atoms with Crippen molar-refractivity contribution in [3.63, 3.8) is 0 Å². The first kappa shape index (κ1) is 11.3. The summed E-state index contributed by atoms with van der Waals surface area (Å²) in [6.07, 6.45) is 0. The second kappa shape index (κ2) is 3.79. The highest BCUT2D eigenvalue weighted by molar-refractivity contribution is 14.1. The van der Waals surface area contributed by atoms with Gasteiger partial charge in [-0.05, 0) is 50.7 Å². The van der Waals surface area contributed by atoms with Crippen LogP contribution in [-0.4, -0.2) is 8.42 Å². The molecule has 0 saturated carbocycles. The molecule has 0 aliphatic rings. The molecule has 0 amide bonds. The first-order chi connectivity index (χ1) is 5.82. The molecule has 0 atom stereocenters. The van der Waals surface area contributed by atoms with Gasteiger partial charge in [-0.15, -0.1) is 0 Å². The Kier molecular flexibility index (Phi) is 3.31. The van der Waals surface area contributed by atoms with E-state index in [1.54, 1.807) is 22.6 Å². The van der Waals surface area contributed by atoms with Crippen LogP contribution in [0.15, 0.2) is 21.5 Å². The molecule has 1 aromatic carbocycles. The Balaban J connectivity index is 3.50. The Morgan fingerprint density at radius 3 is 2.46 bits per heavy atom. The average molecular weight is 380 g/mol. The van der Waals surface area contributed by atoms with Crippen LogP contribution in [0.25, 0.3) is 0 Å². The average Bonchev–Trinajstić information content (AvgIpc) is 1.94. The van der Waals surface area contributed by atoms with E-state index in [4.69, 9.17) is 5.14 Å². The summed E-state index contributed by atoms with van der Waals surface area (Å²) in [5, 5.41) is 4.89. The minimum atomic E-state index is -3.79. The van der Waals surface area contributed by atoms with Crippen molar-refractivity contribution in [2.75, 3.05) is 0 Å². The normalized spacial score (nSPS) is 11.7. The van der Waals surface area contributed by atoms with Crippen LogP contribution in [-0.2, 0) is 10.0 Å². The minimum absolute atomic E-state index is 0.113. The van der Waals surface area contributed by atoms with Crippen LogP contribution in [0.1, 0.15) is 0 Å². The molecule has 0 aliphatic carbocycles. The van der Waals surface area contributed by atoms with Crippen LogP contribution in [0.3, 0.4) is 0 Å². The van der Waals surface area contributed by atoms with Gasteiger partial charge in [-0.25, -0.2) is 17.9 Å². The van der Waals surface area contributed by atoms with Gasteiger partial charge in [0.1, 0.15) is 5.82 Å². The Labute approximate surface area is 96.8 Å². The monoisotopic (exact) mass is 379 g/mol. The van der Waals surface area contributed by atoms with E-state index in [0.717, 1.165) is 6.07 Å². The Morgan fingerprint density at radius 1 is 1.46 bits per heavy atom. The van der Waals surface area contributed by atoms with Gasteiger partial charge in [0, 0.05) is 4.47 Å². The summed E-state index contributed by atoms with van der Waals surface area (Å²) >= 11 is 4.61. The van der Waals surface area contributed by atoms with E-state index in [1.165, 1.54) is 6.07 Å². The smallest absolute Gasteiger partial charge is 0.225 e. The van der Waals surface area contributed by atoms with E-state index in [2.05, 4.69) is 15.9 Å². The van der Waals surface area contributed by atoms with E-state index in [-0.39, 0.29) is 12.9 Å². The van der Waals surface area contributed by atoms with Gasteiger partial charge < -0.3 is 0 Å². The molecule has 1 rings (SSSR count). The first-order valence-electron chi connectivity index (χ1n) is 2.99. The third-order valence-corrected chi connectivity index (χ3v) is 3.98. The van der Waals surface area contributed by atoms with E-state index in [0.29, 0.717) is 0 Å². The van der Waals surface area contributed by atoms with Crippen molar-refractivity contribution in [3.05, 3.63) is 26.0 Å². The molecule has 0 saturated heterocycles. The number of primary sulfonamides is 1. The van der Waals surface area contributed by atoms with Crippen LogP contribution in [0.5, 0.6) is 0 Å². The quantitative estimate of drug-likeness (QED) is 0.597. The second-order valence-corrected chi connectivity index (χ2v) is 5.79. The van der Waals surface area contributed by atoms with Crippen LogP contribution < -0.4 is 5.14 Å². The zero-order valence-corrected chi connectivity index (χ0v) is 10.7. The van der Waals surface area contributed by atoms with Crippen LogP contribution in [0, 0.1) is 9.39 Å². The van der Waals surface area contributed by atoms with Gasteiger partial charge in [0.25, 0.3) is 0 Å². The molecule has 0 spiro atoms. The maximum Gasteiger partial charge on any atom is 0.239 e. The topological polar surface area (TPSA) is 60.2 Å². The summed E-state index contributed by atoms with van der Waals surface area (Å²) in [6, 6.07) is 2.25. The van der Waals surface area contributed by atoms with Gasteiger partial charge in [0.15, 0.2) is 0 Å². The Morgan fingerprint density at radius 2 is 2.00 bits per heavy atom. The molecule has 0 bridgehead atoms. The van der Waals surface area contributed by atoms with Crippen LogP contribution in [0.2, 0.25) is 0 Å². The summed E-state index contributed by atoms with van der Waals surface area (Å²) in [7, 11) is -3.79. The summed E-state index contributed by atoms with van der Waals surface area (Å²) in [4.78, 5) is -0.113. The van der Waals surface area contributed by atoms with Crippen molar-refractivity contribution in [2.24, 2.45) is 5.14 Å². The van der Waals surface area contributed by atoms with Crippen molar-refractivity contribution in [2.45, 2.75) is 4.90 Å². The lowest BCUT2D eigenvalue weighted by Gasteiger charge is -2.02. The molecule has 13 heavy (non-hydrogen) atoms. The summed E-state index contributed by atoms with van der Waals surface area (Å²) in [5.41, 5.74) is 0. The van der Waals surface area contributed by atoms with Crippen molar-refractivity contribution < 1.29 is 12.8 Å². The standard InChI is InChI=1S/C6H4BrFINO2S/c7-3-1-4(8)5(9)2-6(3)13(10,11)12/h1-2H,(H2,10,11,12). The van der Waals surface area contributed by atoms with Gasteiger partial charge in [-0.3, -0.25) is 0 Å². The zero-order valence-electron chi connectivity index (χ0n) is 6.09. The molecule has 0 aliphatic heterocycles. The molecule has 72 valence electrons. The number of rotatable bonds is 1. The van der Waals surface area contributed by atoms with Gasteiger partial charge in [-0.1, -0.05) is 0 Å². The van der Waals surface area contributed by atoms with Crippen molar-refractivity contribution in [1.29, 1.82) is 0 Å². The third-order valence-electron chi connectivity index (χ3n) is 1.28. The van der Waals surface area contributed by atoms with Crippen molar-refractivity contribution >= 4 is 48.5 Å². The molecule has 0 heterocycles. The molecule has 0 unspecified atom stereocenters. The molecule has 3 nitrogen and oxygen atoms in total. The summed E-state index contributed by atoms with van der Waals surface area (Å²) in [5.74, 6) is -0.486. The lowest BCUT2D eigenvalue weighted by Crippen LogP contribution is -2.13. The number of hydrogen-bond donors (Lipinski definition) is 1. The fourth-order valence-electron chi connectivity index (χ4n) is 0.722. The number of hydrogen-bond acceptors (Lipinski definition) is 2. The largest absolute Gasteiger partial charge is 0.239 e. The minimum Gasteiger partial charge on any atom is -0.225 e. The van der Waals surface area contributed by atoms with E-state index in [9.17, 15) is 12.8 Å². The fourth-order valence-corrected chi connectivity index (χ4v) is 3.01. The zero-order chi connectivity index (χ0) is 10.2. The third kappa shape index (κ3) is 2.61. The lowest BCUT2D eigenvalue weighted by molar-refractivity contribution is 0.594. The van der Waals surface area contributed by atoms with Crippen LogP contribution in [0.4, 0.5) is 4.39 Å².